The van der Waals surface area contributed by atoms with Crippen molar-refractivity contribution in [3.8, 4) is 0 Å². The van der Waals surface area contributed by atoms with Crippen molar-refractivity contribution in [2.45, 2.75) is 13.3 Å². The summed E-state index contributed by atoms with van der Waals surface area (Å²) < 4.78 is 0. The van der Waals surface area contributed by atoms with Gasteiger partial charge in [0.2, 0.25) is 0 Å². The summed E-state index contributed by atoms with van der Waals surface area (Å²) in [7, 11) is 0. The average molecular weight is 196 g/mol. The molecule has 0 unspecified atom stereocenters. The lowest BCUT2D eigenvalue weighted by Gasteiger charge is -1.99. The van der Waals surface area contributed by atoms with E-state index in [0.717, 1.165) is 6.07 Å². The molecule has 74 valence electrons. The van der Waals surface area contributed by atoms with Gasteiger partial charge in [-0.1, -0.05) is 19.1 Å². The van der Waals surface area contributed by atoms with Gasteiger partial charge in [-0.3, -0.25) is 20.2 Å². The van der Waals surface area contributed by atoms with Crippen molar-refractivity contribution in [1.82, 2.24) is 0 Å². The Hall–Kier alpha value is -1.98. The zero-order chi connectivity index (χ0) is 10.7. The summed E-state index contributed by atoms with van der Waals surface area (Å²) in [6.45, 7) is 1.71. The van der Waals surface area contributed by atoms with E-state index in [4.69, 9.17) is 0 Å². The van der Waals surface area contributed by atoms with Crippen LogP contribution in [-0.4, -0.2) is 9.85 Å². The summed E-state index contributed by atoms with van der Waals surface area (Å²) in [5.74, 6) is 0. The van der Waals surface area contributed by atoms with E-state index in [1.54, 1.807) is 6.92 Å². The van der Waals surface area contributed by atoms with E-state index in [9.17, 15) is 20.2 Å². The van der Waals surface area contributed by atoms with Crippen molar-refractivity contribution in [2.75, 3.05) is 0 Å². The minimum absolute atomic E-state index is 0.379. The molecule has 0 saturated heterocycles. The third kappa shape index (κ3) is 1.68. The van der Waals surface area contributed by atoms with Gasteiger partial charge in [-0.15, -0.1) is 0 Å². The highest BCUT2D eigenvalue weighted by molar-refractivity contribution is 5.57. The first kappa shape index (κ1) is 10.1. The van der Waals surface area contributed by atoms with Gasteiger partial charge in [-0.05, 0) is 6.42 Å². The van der Waals surface area contributed by atoms with Crippen LogP contribution in [0.15, 0.2) is 18.2 Å². The fourth-order valence-corrected chi connectivity index (χ4v) is 1.22. The Morgan fingerprint density at radius 3 is 2.29 bits per heavy atom. The minimum Gasteiger partial charge on any atom is -0.258 e. The maximum absolute atomic E-state index is 10.6. The predicted octanol–water partition coefficient (Wildman–Crippen LogP) is 2.07. The molecule has 6 heteroatoms. The van der Waals surface area contributed by atoms with Gasteiger partial charge >= 0.3 is 11.4 Å². The van der Waals surface area contributed by atoms with Gasteiger partial charge in [0.15, 0.2) is 0 Å². The molecule has 0 radical (unpaired) electrons. The molecule has 0 bridgehead atoms. The average Bonchev–Trinajstić information content (AvgIpc) is 2.16. The molecule has 0 saturated carbocycles. The van der Waals surface area contributed by atoms with Crippen LogP contribution in [0, 0.1) is 20.2 Å². The van der Waals surface area contributed by atoms with E-state index >= 15 is 0 Å². The highest BCUT2D eigenvalue weighted by Gasteiger charge is 2.26. The van der Waals surface area contributed by atoms with Gasteiger partial charge in [0.1, 0.15) is 0 Å². The van der Waals surface area contributed by atoms with E-state index in [0.29, 0.717) is 12.0 Å². The van der Waals surface area contributed by atoms with Crippen LogP contribution < -0.4 is 0 Å². The normalized spacial score (nSPS) is 9.79. The monoisotopic (exact) mass is 196 g/mol. The third-order valence-corrected chi connectivity index (χ3v) is 1.86. The summed E-state index contributed by atoms with van der Waals surface area (Å²) in [6, 6.07) is 4.10. The second-order valence-electron chi connectivity index (χ2n) is 2.65. The van der Waals surface area contributed by atoms with Crippen LogP contribution >= 0.6 is 0 Å². The lowest BCUT2D eigenvalue weighted by Crippen LogP contribution is -1.99. The molecule has 0 aliphatic heterocycles. The van der Waals surface area contributed by atoms with E-state index in [-0.39, 0.29) is 0 Å². The van der Waals surface area contributed by atoms with Crippen molar-refractivity contribution in [3.05, 3.63) is 44.0 Å². The summed E-state index contributed by atoms with van der Waals surface area (Å²) in [5, 5.41) is 21.1. The zero-order valence-electron chi connectivity index (χ0n) is 7.47. The second-order valence-corrected chi connectivity index (χ2v) is 2.65. The first-order chi connectivity index (χ1) is 6.57. The molecule has 0 aromatic heterocycles. The Kier molecular flexibility index (Phi) is 2.76. The summed E-state index contributed by atoms with van der Waals surface area (Å²) >= 11 is 0. The van der Waals surface area contributed by atoms with Crippen LogP contribution in [0.2, 0.25) is 0 Å². The minimum atomic E-state index is -0.739. The van der Waals surface area contributed by atoms with Crippen LogP contribution in [0.3, 0.4) is 0 Å². The molecule has 0 heterocycles. The molecule has 1 aromatic carbocycles. The van der Waals surface area contributed by atoms with E-state index in [1.807, 2.05) is 0 Å². The maximum atomic E-state index is 10.6. The molecular formula is C8H8N2O4. The highest BCUT2D eigenvalue weighted by Crippen LogP contribution is 2.30. The SMILES string of the molecule is CCc1cccc([N+](=O)[O-])c1[N+](=O)[O-]. The number of para-hydroxylation sites is 1. The lowest BCUT2D eigenvalue weighted by molar-refractivity contribution is -0.423. The van der Waals surface area contributed by atoms with Crippen LogP contribution in [0.1, 0.15) is 12.5 Å². The number of nitro benzene ring substituents is 2. The van der Waals surface area contributed by atoms with Gasteiger partial charge < -0.3 is 0 Å². The van der Waals surface area contributed by atoms with Gasteiger partial charge in [0.25, 0.3) is 0 Å². The number of hydrogen-bond acceptors (Lipinski definition) is 4. The third-order valence-electron chi connectivity index (χ3n) is 1.86. The Morgan fingerprint density at radius 2 is 1.86 bits per heavy atom. The van der Waals surface area contributed by atoms with E-state index < -0.39 is 21.2 Å². The molecule has 6 nitrogen and oxygen atoms in total. The number of aryl methyl sites for hydroxylation is 1. The Morgan fingerprint density at radius 1 is 1.21 bits per heavy atom. The Balaban J connectivity index is 3.43. The van der Waals surface area contributed by atoms with E-state index in [1.165, 1.54) is 12.1 Å². The number of benzene rings is 1. The molecule has 0 atom stereocenters. The fourth-order valence-electron chi connectivity index (χ4n) is 1.22. The molecule has 14 heavy (non-hydrogen) atoms. The summed E-state index contributed by atoms with van der Waals surface area (Å²) in [5.41, 5.74) is -0.474. The van der Waals surface area contributed by atoms with Crippen LogP contribution in [0.25, 0.3) is 0 Å². The molecule has 0 spiro atoms. The Labute approximate surface area is 79.5 Å². The zero-order valence-corrected chi connectivity index (χ0v) is 7.47. The highest BCUT2D eigenvalue weighted by atomic mass is 16.6. The molecule has 0 aliphatic rings. The van der Waals surface area contributed by atoms with Gasteiger partial charge in [-0.25, -0.2) is 0 Å². The van der Waals surface area contributed by atoms with Gasteiger partial charge in [0, 0.05) is 11.6 Å². The van der Waals surface area contributed by atoms with E-state index in [2.05, 4.69) is 0 Å². The number of rotatable bonds is 3. The topological polar surface area (TPSA) is 86.3 Å². The molecular weight excluding hydrogens is 188 g/mol. The maximum Gasteiger partial charge on any atom is 0.349 e. The van der Waals surface area contributed by atoms with Crippen LogP contribution in [0.5, 0.6) is 0 Å². The van der Waals surface area contributed by atoms with Crippen LogP contribution in [-0.2, 0) is 6.42 Å². The second kappa shape index (κ2) is 3.82. The van der Waals surface area contributed by atoms with Crippen molar-refractivity contribution in [2.24, 2.45) is 0 Å². The number of nitro groups is 2. The Bertz CT molecular complexity index is 389. The van der Waals surface area contributed by atoms with Crippen molar-refractivity contribution in [3.63, 3.8) is 0 Å². The van der Waals surface area contributed by atoms with Crippen LogP contribution in [0.4, 0.5) is 11.4 Å². The van der Waals surface area contributed by atoms with Gasteiger partial charge in [-0.2, -0.15) is 0 Å². The molecule has 0 fully saturated rings. The first-order valence-corrected chi connectivity index (χ1v) is 3.98. The predicted molar refractivity (Wildman–Crippen MR) is 49.1 cm³/mol. The standard InChI is InChI=1S/C8H8N2O4/c1-2-6-4-3-5-7(9(11)12)8(6)10(13)14/h3-5H,2H2,1H3. The first-order valence-electron chi connectivity index (χ1n) is 3.98. The van der Waals surface area contributed by atoms with Crippen molar-refractivity contribution >= 4 is 11.4 Å². The van der Waals surface area contributed by atoms with Crippen molar-refractivity contribution < 1.29 is 9.85 Å². The number of nitrogens with zero attached hydrogens (tertiary/aromatic N) is 2. The molecule has 0 N–H and O–H groups in total. The summed E-state index contributed by atoms with van der Waals surface area (Å²) in [4.78, 5) is 19.7. The fraction of sp³-hybridized carbons (Fsp3) is 0.250. The number of hydrogen-bond donors (Lipinski definition) is 0. The smallest absolute Gasteiger partial charge is 0.258 e. The molecule has 0 amide bonds. The van der Waals surface area contributed by atoms with Crippen molar-refractivity contribution in [1.29, 1.82) is 0 Å². The lowest BCUT2D eigenvalue weighted by atomic mass is 10.1. The molecule has 0 aliphatic carbocycles. The largest absolute Gasteiger partial charge is 0.349 e. The molecule has 1 aromatic rings. The summed E-state index contributed by atoms with van der Waals surface area (Å²) in [6.07, 6.45) is 0.401. The quantitative estimate of drug-likeness (QED) is 0.546. The molecule has 1 rings (SSSR count). The van der Waals surface area contributed by atoms with Gasteiger partial charge in [0.05, 0.1) is 9.85 Å².